The lowest BCUT2D eigenvalue weighted by Crippen LogP contribution is -2.10. The van der Waals surface area contributed by atoms with Crippen LogP contribution in [0.4, 0.5) is 0 Å². The number of allylic oxidation sites excluding steroid dienone is 2. The topological polar surface area (TPSA) is 20.2 Å². The Kier molecular flexibility index (Phi) is 2.78. The quantitative estimate of drug-likeness (QED) is 0.812. The molecule has 0 saturated heterocycles. The standard InChI is InChI=1S/C15H17BrO/c1-9-6-11-8-14(16)15(13(11)7-9)10-2-4-12(17)5-3-10/h2-5,8-9,11,13,15,17H,6-7H2,1H3. The van der Waals surface area contributed by atoms with Crippen molar-refractivity contribution in [3.8, 4) is 5.75 Å². The van der Waals surface area contributed by atoms with Gasteiger partial charge in [-0.25, -0.2) is 0 Å². The van der Waals surface area contributed by atoms with E-state index in [1.54, 1.807) is 12.1 Å². The van der Waals surface area contributed by atoms with Crippen molar-refractivity contribution in [2.75, 3.05) is 0 Å². The average Bonchev–Trinajstić information content (AvgIpc) is 2.75. The summed E-state index contributed by atoms with van der Waals surface area (Å²) in [5.74, 6) is 3.21. The SMILES string of the molecule is CC1CC2C=C(Br)C(c3ccc(O)cc3)C2C1. The van der Waals surface area contributed by atoms with Crippen LogP contribution in [0, 0.1) is 17.8 Å². The second kappa shape index (κ2) is 4.16. The predicted molar refractivity (Wildman–Crippen MR) is 73.2 cm³/mol. The van der Waals surface area contributed by atoms with E-state index >= 15 is 0 Å². The van der Waals surface area contributed by atoms with Crippen LogP contribution in [0.1, 0.15) is 31.2 Å². The highest BCUT2D eigenvalue weighted by Crippen LogP contribution is 2.54. The van der Waals surface area contributed by atoms with Crippen LogP contribution >= 0.6 is 15.9 Å². The number of hydrogen-bond donors (Lipinski definition) is 1. The zero-order valence-electron chi connectivity index (χ0n) is 9.94. The van der Waals surface area contributed by atoms with Crippen molar-refractivity contribution in [2.24, 2.45) is 17.8 Å². The van der Waals surface area contributed by atoms with Crippen LogP contribution in [0.3, 0.4) is 0 Å². The Morgan fingerprint density at radius 3 is 2.59 bits per heavy atom. The zero-order chi connectivity index (χ0) is 12.0. The summed E-state index contributed by atoms with van der Waals surface area (Å²) in [6.07, 6.45) is 5.06. The number of benzene rings is 1. The second-order valence-electron chi connectivity index (χ2n) is 5.53. The molecule has 2 aliphatic carbocycles. The molecule has 1 aromatic rings. The molecule has 1 saturated carbocycles. The summed E-state index contributed by atoms with van der Waals surface area (Å²) in [5, 5.41) is 9.37. The van der Waals surface area contributed by atoms with Gasteiger partial charge in [0.15, 0.2) is 0 Å². The molecular weight excluding hydrogens is 276 g/mol. The van der Waals surface area contributed by atoms with Gasteiger partial charge in [0, 0.05) is 5.92 Å². The third-order valence-electron chi connectivity index (χ3n) is 4.25. The largest absolute Gasteiger partial charge is 0.508 e. The fraction of sp³-hybridized carbons (Fsp3) is 0.467. The molecule has 3 rings (SSSR count). The highest BCUT2D eigenvalue weighted by molar-refractivity contribution is 9.11. The molecule has 4 unspecified atom stereocenters. The van der Waals surface area contributed by atoms with Crippen LogP contribution in [0.5, 0.6) is 5.75 Å². The van der Waals surface area contributed by atoms with E-state index in [1.165, 1.54) is 22.9 Å². The number of phenols is 1. The second-order valence-corrected chi connectivity index (χ2v) is 6.44. The maximum absolute atomic E-state index is 9.37. The van der Waals surface area contributed by atoms with Crippen LogP contribution < -0.4 is 0 Å². The molecular formula is C15H17BrO. The van der Waals surface area contributed by atoms with Crippen LogP contribution in [-0.4, -0.2) is 5.11 Å². The highest BCUT2D eigenvalue weighted by atomic mass is 79.9. The summed E-state index contributed by atoms with van der Waals surface area (Å²) < 4.78 is 1.34. The number of halogens is 1. The molecule has 1 fully saturated rings. The molecule has 0 radical (unpaired) electrons. The summed E-state index contributed by atoms with van der Waals surface area (Å²) >= 11 is 3.73. The Balaban J connectivity index is 1.92. The minimum atomic E-state index is 0.350. The fourth-order valence-electron chi connectivity index (χ4n) is 3.55. The average molecular weight is 293 g/mol. The molecule has 1 N–H and O–H groups in total. The van der Waals surface area contributed by atoms with Crippen LogP contribution in [0.2, 0.25) is 0 Å². The first kappa shape index (κ1) is 11.3. The van der Waals surface area contributed by atoms with Gasteiger partial charge in [-0.05, 0) is 52.8 Å². The third kappa shape index (κ3) is 1.93. The molecule has 0 spiro atoms. The summed E-state index contributed by atoms with van der Waals surface area (Å²) in [4.78, 5) is 0. The van der Waals surface area contributed by atoms with Crippen molar-refractivity contribution in [1.29, 1.82) is 0 Å². The summed E-state index contributed by atoms with van der Waals surface area (Å²) in [5.41, 5.74) is 1.33. The number of hydrogen-bond acceptors (Lipinski definition) is 1. The lowest BCUT2D eigenvalue weighted by molar-refractivity contribution is 0.440. The first-order chi connectivity index (χ1) is 8.15. The molecule has 1 aromatic carbocycles. The van der Waals surface area contributed by atoms with Crippen molar-refractivity contribution in [1.82, 2.24) is 0 Å². The lowest BCUT2D eigenvalue weighted by atomic mass is 9.85. The normalized spacial score (nSPS) is 35.8. The zero-order valence-corrected chi connectivity index (χ0v) is 11.5. The van der Waals surface area contributed by atoms with Gasteiger partial charge in [0.1, 0.15) is 5.75 Å². The maximum Gasteiger partial charge on any atom is 0.115 e. The number of phenolic OH excluding ortho intramolecular Hbond substituents is 1. The number of rotatable bonds is 1. The Morgan fingerprint density at radius 1 is 1.18 bits per heavy atom. The Bertz CT molecular complexity index is 448. The van der Waals surface area contributed by atoms with E-state index in [0.29, 0.717) is 11.7 Å². The third-order valence-corrected chi connectivity index (χ3v) is 5.01. The smallest absolute Gasteiger partial charge is 0.115 e. The van der Waals surface area contributed by atoms with E-state index in [-0.39, 0.29) is 0 Å². The van der Waals surface area contributed by atoms with E-state index in [9.17, 15) is 5.11 Å². The van der Waals surface area contributed by atoms with Gasteiger partial charge in [0.2, 0.25) is 0 Å². The van der Waals surface area contributed by atoms with Gasteiger partial charge in [0.05, 0.1) is 0 Å². The van der Waals surface area contributed by atoms with Crippen molar-refractivity contribution < 1.29 is 5.11 Å². The molecule has 0 heterocycles. The van der Waals surface area contributed by atoms with Crippen molar-refractivity contribution in [2.45, 2.75) is 25.7 Å². The Labute approximate surface area is 111 Å². The van der Waals surface area contributed by atoms with Gasteiger partial charge in [-0.15, -0.1) is 0 Å². The minimum absolute atomic E-state index is 0.350. The van der Waals surface area contributed by atoms with Gasteiger partial charge >= 0.3 is 0 Å². The molecule has 0 bridgehead atoms. The summed E-state index contributed by atoms with van der Waals surface area (Å²) in [6.45, 7) is 2.36. The van der Waals surface area contributed by atoms with E-state index in [1.807, 2.05) is 0 Å². The molecule has 1 nitrogen and oxygen atoms in total. The van der Waals surface area contributed by atoms with E-state index < -0.39 is 0 Å². The maximum atomic E-state index is 9.37. The van der Waals surface area contributed by atoms with Gasteiger partial charge in [-0.1, -0.05) is 41.1 Å². The molecule has 0 aromatic heterocycles. The van der Waals surface area contributed by atoms with Gasteiger partial charge in [-0.2, -0.15) is 0 Å². The van der Waals surface area contributed by atoms with Gasteiger partial charge in [0.25, 0.3) is 0 Å². The van der Waals surface area contributed by atoms with Gasteiger partial charge in [-0.3, -0.25) is 0 Å². The van der Waals surface area contributed by atoms with Crippen LogP contribution in [-0.2, 0) is 0 Å². The highest BCUT2D eigenvalue weighted by Gasteiger charge is 2.42. The van der Waals surface area contributed by atoms with Crippen molar-refractivity contribution in [3.63, 3.8) is 0 Å². The Hall–Kier alpha value is -0.760. The molecule has 90 valence electrons. The first-order valence-electron chi connectivity index (χ1n) is 6.31. The number of fused-ring (bicyclic) bond motifs is 1. The summed E-state index contributed by atoms with van der Waals surface area (Å²) in [7, 11) is 0. The number of aromatic hydroxyl groups is 1. The van der Waals surface area contributed by atoms with E-state index in [4.69, 9.17) is 0 Å². The molecule has 2 aliphatic rings. The molecule has 0 amide bonds. The molecule has 17 heavy (non-hydrogen) atoms. The van der Waals surface area contributed by atoms with Crippen LogP contribution in [0.25, 0.3) is 0 Å². The molecule has 2 heteroatoms. The summed E-state index contributed by atoms with van der Waals surface area (Å²) in [6, 6.07) is 7.70. The van der Waals surface area contributed by atoms with Crippen molar-refractivity contribution >= 4 is 15.9 Å². The van der Waals surface area contributed by atoms with Gasteiger partial charge < -0.3 is 5.11 Å². The fourth-order valence-corrected chi connectivity index (χ4v) is 4.49. The first-order valence-corrected chi connectivity index (χ1v) is 7.10. The van der Waals surface area contributed by atoms with Crippen molar-refractivity contribution in [3.05, 3.63) is 40.4 Å². The Morgan fingerprint density at radius 2 is 1.88 bits per heavy atom. The van der Waals surface area contributed by atoms with E-state index in [0.717, 1.165) is 17.8 Å². The van der Waals surface area contributed by atoms with Crippen LogP contribution in [0.15, 0.2) is 34.8 Å². The van der Waals surface area contributed by atoms with E-state index in [2.05, 4.69) is 41.1 Å². The monoisotopic (exact) mass is 292 g/mol. The molecule has 4 atom stereocenters. The lowest BCUT2D eigenvalue weighted by Gasteiger charge is -2.21. The minimum Gasteiger partial charge on any atom is -0.508 e. The predicted octanol–water partition coefficient (Wildman–Crippen LogP) is 4.43. The molecule has 0 aliphatic heterocycles.